The second-order valence-electron chi connectivity index (χ2n) is 4.43. The Hall–Kier alpha value is -0.865. The van der Waals surface area contributed by atoms with Gasteiger partial charge in [0.1, 0.15) is 13.7 Å². The molecular weight excluding hydrogens is 202 g/mol. The molecule has 1 fully saturated rings. The summed E-state index contributed by atoms with van der Waals surface area (Å²) in [4.78, 5) is 4.56. The van der Waals surface area contributed by atoms with Gasteiger partial charge in [-0.05, 0) is 13.1 Å². The molecule has 1 aliphatic rings. The van der Waals surface area contributed by atoms with Crippen LogP contribution in [0.5, 0.6) is 0 Å². The Morgan fingerprint density at radius 1 is 1.25 bits per heavy atom. The van der Waals surface area contributed by atoms with Crippen molar-refractivity contribution in [3.05, 3.63) is 29.6 Å². The van der Waals surface area contributed by atoms with Crippen LogP contribution in [0.15, 0.2) is 18.2 Å². The predicted molar refractivity (Wildman–Crippen MR) is 64.6 cm³/mol. The zero-order valence-electron chi connectivity index (χ0n) is 9.62. The van der Waals surface area contributed by atoms with Gasteiger partial charge < -0.3 is 4.90 Å². The Morgan fingerprint density at radius 3 is 2.56 bits per heavy atom. The van der Waals surface area contributed by atoms with Crippen molar-refractivity contribution < 1.29 is 4.39 Å². The lowest BCUT2D eigenvalue weighted by molar-refractivity contribution is 0.147. The van der Waals surface area contributed by atoms with E-state index in [2.05, 4.69) is 16.8 Å². The quantitative estimate of drug-likeness (QED) is 0.661. The number of likely N-dealkylation sites (N-methyl/N-ethyl adjacent to an activating group) is 1. The van der Waals surface area contributed by atoms with Crippen LogP contribution < -0.4 is 5.46 Å². The molecule has 2 nitrogen and oxygen atoms in total. The van der Waals surface area contributed by atoms with E-state index in [9.17, 15) is 4.39 Å². The van der Waals surface area contributed by atoms with E-state index >= 15 is 0 Å². The smallest absolute Gasteiger partial charge is 0.127 e. The standard InChI is InChI=1S/C12H16BFN2/c1-15-4-6-16(7-5-15)9-10-2-3-11(13)8-12(10)14/h2-3,8H,4-7,9H2,1H3. The minimum absolute atomic E-state index is 0.195. The zero-order valence-corrected chi connectivity index (χ0v) is 9.62. The van der Waals surface area contributed by atoms with E-state index in [4.69, 9.17) is 7.85 Å². The lowest BCUT2D eigenvalue weighted by atomic mass is 9.95. The number of hydrogen-bond acceptors (Lipinski definition) is 2. The molecule has 0 saturated carbocycles. The molecule has 4 heteroatoms. The van der Waals surface area contributed by atoms with Crippen LogP contribution in [0.1, 0.15) is 5.56 Å². The lowest BCUT2D eigenvalue weighted by Crippen LogP contribution is -2.44. The number of halogens is 1. The van der Waals surface area contributed by atoms with Crippen LogP contribution in [0.25, 0.3) is 0 Å². The second kappa shape index (κ2) is 4.98. The number of hydrogen-bond donors (Lipinski definition) is 0. The van der Waals surface area contributed by atoms with Gasteiger partial charge >= 0.3 is 0 Å². The summed E-state index contributed by atoms with van der Waals surface area (Å²) in [6.45, 7) is 4.79. The van der Waals surface area contributed by atoms with Gasteiger partial charge in [0.25, 0.3) is 0 Å². The van der Waals surface area contributed by atoms with Gasteiger partial charge in [-0.2, -0.15) is 0 Å². The second-order valence-corrected chi connectivity index (χ2v) is 4.43. The highest BCUT2D eigenvalue weighted by molar-refractivity contribution is 6.32. The van der Waals surface area contributed by atoms with Crippen molar-refractivity contribution >= 4 is 13.3 Å². The molecular formula is C12H16BFN2. The maximum absolute atomic E-state index is 13.6. The highest BCUT2D eigenvalue weighted by Crippen LogP contribution is 2.10. The Labute approximate surface area is 97.5 Å². The van der Waals surface area contributed by atoms with Crippen molar-refractivity contribution in [3.8, 4) is 0 Å². The minimum Gasteiger partial charge on any atom is -0.304 e. The Balaban J connectivity index is 1.98. The van der Waals surface area contributed by atoms with Crippen LogP contribution in [-0.2, 0) is 6.54 Å². The number of benzene rings is 1. The van der Waals surface area contributed by atoms with Crippen molar-refractivity contribution in [2.75, 3.05) is 33.2 Å². The van der Waals surface area contributed by atoms with Crippen LogP contribution in [0.2, 0.25) is 0 Å². The molecule has 1 heterocycles. The van der Waals surface area contributed by atoms with Crippen molar-refractivity contribution in [3.63, 3.8) is 0 Å². The Kier molecular flexibility index (Phi) is 3.61. The summed E-state index contributed by atoms with van der Waals surface area (Å²) in [5.74, 6) is -0.195. The third-order valence-corrected chi connectivity index (χ3v) is 3.07. The van der Waals surface area contributed by atoms with E-state index < -0.39 is 0 Å². The lowest BCUT2D eigenvalue weighted by Gasteiger charge is -2.32. The van der Waals surface area contributed by atoms with Gasteiger partial charge in [-0.25, -0.2) is 4.39 Å². The van der Waals surface area contributed by atoms with Gasteiger partial charge in [0.2, 0.25) is 0 Å². The van der Waals surface area contributed by atoms with Crippen molar-refractivity contribution in [2.24, 2.45) is 0 Å². The molecule has 0 amide bonds. The Morgan fingerprint density at radius 2 is 1.94 bits per heavy atom. The summed E-state index contributed by atoms with van der Waals surface area (Å²) in [7, 11) is 7.63. The molecule has 1 aromatic rings. The van der Waals surface area contributed by atoms with Gasteiger partial charge in [0.05, 0.1) is 0 Å². The fraction of sp³-hybridized carbons (Fsp3) is 0.500. The first-order chi connectivity index (χ1) is 7.65. The topological polar surface area (TPSA) is 6.48 Å². The molecule has 0 unspecified atom stereocenters. The summed E-state index contributed by atoms with van der Waals surface area (Å²) >= 11 is 0. The normalized spacial score (nSPS) is 18.9. The number of piperazine rings is 1. The first kappa shape index (κ1) is 11.6. The van der Waals surface area contributed by atoms with Crippen LogP contribution in [0.3, 0.4) is 0 Å². The maximum Gasteiger partial charge on any atom is 0.127 e. The monoisotopic (exact) mass is 218 g/mol. The number of rotatable bonds is 2. The van der Waals surface area contributed by atoms with E-state index in [1.54, 1.807) is 12.1 Å². The molecule has 0 spiro atoms. The molecule has 0 bridgehead atoms. The summed E-state index contributed by atoms with van der Waals surface area (Å²) in [6.07, 6.45) is 0. The van der Waals surface area contributed by atoms with Gasteiger partial charge in [-0.1, -0.05) is 17.6 Å². The summed E-state index contributed by atoms with van der Waals surface area (Å²) < 4.78 is 13.6. The summed E-state index contributed by atoms with van der Waals surface area (Å²) in [5, 5.41) is 0. The average Bonchev–Trinajstić information content (AvgIpc) is 2.25. The van der Waals surface area contributed by atoms with E-state index in [-0.39, 0.29) is 5.82 Å². The molecule has 16 heavy (non-hydrogen) atoms. The van der Waals surface area contributed by atoms with Gasteiger partial charge in [0.15, 0.2) is 0 Å². The van der Waals surface area contributed by atoms with Crippen LogP contribution >= 0.6 is 0 Å². The molecule has 0 aromatic heterocycles. The molecule has 0 N–H and O–H groups in total. The van der Waals surface area contributed by atoms with E-state index in [0.29, 0.717) is 12.0 Å². The van der Waals surface area contributed by atoms with Crippen LogP contribution in [-0.4, -0.2) is 50.9 Å². The van der Waals surface area contributed by atoms with Crippen LogP contribution in [0, 0.1) is 5.82 Å². The fourth-order valence-corrected chi connectivity index (χ4v) is 1.94. The fourth-order valence-electron chi connectivity index (χ4n) is 1.94. The summed E-state index contributed by atoms with van der Waals surface area (Å²) in [6, 6.07) is 4.93. The molecule has 2 rings (SSSR count). The summed E-state index contributed by atoms with van der Waals surface area (Å²) in [5.41, 5.74) is 1.22. The zero-order chi connectivity index (χ0) is 11.5. The third-order valence-electron chi connectivity index (χ3n) is 3.07. The third kappa shape index (κ3) is 2.83. The first-order valence-corrected chi connectivity index (χ1v) is 5.60. The molecule has 84 valence electrons. The largest absolute Gasteiger partial charge is 0.304 e. The molecule has 1 aromatic carbocycles. The van der Waals surface area contributed by atoms with Gasteiger partial charge in [0, 0.05) is 38.3 Å². The van der Waals surface area contributed by atoms with E-state index in [1.165, 1.54) is 6.07 Å². The number of nitrogens with zero attached hydrogens (tertiary/aromatic N) is 2. The molecule has 1 saturated heterocycles. The van der Waals surface area contributed by atoms with E-state index in [0.717, 1.165) is 31.7 Å². The van der Waals surface area contributed by atoms with Gasteiger partial charge in [-0.3, -0.25) is 4.90 Å². The minimum atomic E-state index is -0.195. The highest BCUT2D eigenvalue weighted by atomic mass is 19.1. The van der Waals surface area contributed by atoms with Gasteiger partial charge in [-0.15, -0.1) is 0 Å². The van der Waals surface area contributed by atoms with Crippen LogP contribution in [0.4, 0.5) is 4.39 Å². The molecule has 0 atom stereocenters. The Bertz CT molecular complexity index is 362. The maximum atomic E-state index is 13.6. The average molecular weight is 218 g/mol. The first-order valence-electron chi connectivity index (χ1n) is 5.60. The SMILES string of the molecule is [B]c1ccc(CN2CCN(C)CC2)c(F)c1. The molecule has 0 aliphatic carbocycles. The molecule has 1 aliphatic heterocycles. The van der Waals surface area contributed by atoms with Crippen molar-refractivity contribution in [2.45, 2.75) is 6.54 Å². The van der Waals surface area contributed by atoms with E-state index in [1.807, 2.05) is 0 Å². The van der Waals surface area contributed by atoms with Crippen molar-refractivity contribution in [1.82, 2.24) is 9.80 Å². The highest BCUT2D eigenvalue weighted by Gasteiger charge is 2.15. The van der Waals surface area contributed by atoms with Crippen molar-refractivity contribution in [1.29, 1.82) is 0 Å². The predicted octanol–water partition coefficient (Wildman–Crippen LogP) is 0.367. The molecule has 2 radical (unpaired) electrons.